The number of benzene rings is 10. The molecule has 10 aromatic carbocycles. The topological polar surface area (TPSA) is 56.7 Å². The molecule has 0 spiro atoms. The van der Waals surface area contributed by atoms with Crippen LogP contribution < -0.4 is 0 Å². The first kappa shape index (κ1) is 34.5. The molecule has 0 radical (unpaired) electrons. The fourth-order valence-corrected chi connectivity index (χ4v) is 11.1. The molecular weight excluding hydrogens is 789 g/mol. The Hall–Kier alpha value is -8.19. The number of aromatic nitrogens is 4. The van der Waals surface area contributed by atoms with Crippen molar-refractivity contribution in [3.8, 4) is 39.9 Å². The highest BCUT2D eigenvalue weighted by atomic mass is 32.1. The Labute approximate surface area is 363 Å². The van der Waals surface area contributed by atoms with Crippen LogP contribution in [0.5, 0.6) is 0 Å². The molecule has 4 heterocycles. The Morgan fingerprint density at radius 2 is 1.10 bits per heavy atom. The van der Waals surface area contributed by atoms with E-state index in [-0.39, 0.29) is 0 Å². The first-order chi connectivity index (χ1) is 31.2. The Morgan fingerprint density at radius 1 is 0.397 bits per heavy atom. The first-order valence-electron chi connectivity index (χ1n) is 21.2. The molecule has 0 fully saturated rings. The van der Waals surface area contributed by atoms with Crippen molar-refractivity contribution in [2.24, 2.45) is 0 Å². The number of thiophene rings is 1. The predicted octanol–water partition coefficient (Wildman–Crippen LogP) is 15.7. The summed E-state index contributed by atoms with van der Waals surface area (Å²) in [5.41, 5.74) is 8.00. The third kappa shape index (κ3) is 5.19. The highest BCUT2D eigenvalue weighted by molar-refractivity contribution is 7.26. The third-order valence-electron chi connectivity index (χ3n) is 12.8. The smallest absolute Gasteiger partial charge is 0.165 e. The molecule has 0 atom stereocenters. The lowest BCUT2D eigenvalue weighted by molar-refractivity contribution is 0.669. The van der Waals surface area contributed by atoms with Gasteiger partial charge in [-0.15, -0.1) is 11.3 Å². The Kier molecular flexibility index (Phi) is 7.21. The lowest BCUT2D eigenvalue weighted by atomic mass is 10.0. The molecule has 0 unspecified atom stereocenters. The maximum Gasteiger partial charge on any atom is 0.165 e. The third-order valence-corrected chi connectivity index (χ3v) is 14.0. The van der Waals surface area contributed by atoms with Gasteiger partial charge in [-0.1, -0.05) is 140 Å². The maximum atomic E-state index is 6.74. The molecule has 0 bridgehead atoms. The zero-order valence-electron chi connectivity index (χ0n) is 33.6. The van der Waals surface area contributed by atoms with Crippen molar-refractivity contribution in [1.82, 2.24) is 19.5 Å². The van der Waals surface area contributed by atoms with E-state index in [1.807, 2.05) is 18.2 Å². The molecular formula is C57H32N4OS. The normalized spacial score (nSPS) is 12.1. The summed E-state index contributed by atoms with van der Waals surface area (Å²) in [6, 6.07) is 69.1. The van der Waals surface area contributed by atoms with E-state index in [1.54, 1.807) is 11.3 Å². The van der Waals surface area contributed by atoms with Crippen LogP contribution in [-0.4, -0.2) is 19.5 Å². The highest BCUT2D eigenvalue weighted by Crippen LogP contribution is 2.43. The van der Waals surface area contributed by atoms with Gasteiger partial charge in [-0.2, -0.15) is 0 Å². The van der Waals surface area contributed by atoms with Crippen LogP contribution in [0.15, 0.2) is 199 Å². The minimum Gasteiger partial charge on any atom is -0.456 e. The molecule has 14 aromatic rings. The molecule has 292 valence electrons. The number of nitrogens with zero attached hydrogens (tertiary/aromatic N) is 4. The molecule has 5 nitrogen and oxygen atoms in total. The number of furan rings is 1. The van der Waals surface area contributed by atoms with Crippen LogP contribution in [0.4, 0.5) is 0 Å². The lowest BCUT2D eigenvalue weighted by Gasteiger charge is -2.10. The number of rotatable bonds is 4. The average molecular weight is 821 g/mol. The molecule has 6 heteroatoms. The van der Waals surface area contributed by atoms with Crippen molar-refractivity contribution >= 4 is 108 Å². The molecule has 0 amide bonds. The molecule has 14 rings (SSSR count). The summed E-state index contributed by atoms with van der Waals surface area (Å²) in [5, 5.41) is 14.2. The summed E-state index contributed by atoms with van der Waals surface area (Å²) in [7, 11) is 0. The van der Waals surface area contributed by atoms with Crippen molar-refractivity contribution in [2.45, 2.75) is 0 Å². The Morgan fingerprint density at radius 3 is 1.98 bits per heavy atom. The first-order valence-corrected chi connectivity index (χ1v) is 22.0. The zero-order chi connectivity index (χ0) is 41.2. The van der Waals surface area contributed by atoms with Crippen molar-refractivity contribution in [1.29, 1.82) is 0 Å². The van der Waals surface area contributed by atoms with Gasteiger partial charge in [0.2, 0.25) is 0 Å². The van der Waals surface area contributed by atoms with Gasteiger partial charge in [0.05, 0.1) is 11.0 Å². The zero-order valence-corrected chi connectivity index (χ0v) is 34.4. The summed E-state index contributed by atoms with van der Waals surface area (Å²) in [4.78, 5) is 15.4. The van der Waals surface area contributed by atoms with Crippen LogP contribution in [0, 0.1) is 0 Å². The van der Waals surface area contributed by atoms with E-state index in [1.165, 1.54) is 63.5 Å². The van der Waals surface area contributed by atoms with Gasteiger partial charge in [0.1, 0.15) is 11.2 Å². The van der Waals surface area contributed by atoms with E-state index in [9.17, 15) is 0 Å². The SMILES string of the molecule is c1ccc(-c2nc(-c3ccc4c(ccc5oc6cc(-n7c8cc9ccccc9cc8c8ccc9ccccc9c87)ccc6c54)c3)nc(-c3cccc4c3sc3ccccc34)n2)cc1. The summed E-state index contributed by atoms with van der Waals surface area (Å²) in [6.45, 7) is 0. The molecule has 63 heavy (non-hydrogen) atoms. The van der Waals surface area contributed by atoms with E-state index in [4.69, 9.17) is 19.4 Å². The predicted molar refractivity (Wildman–Crippen MR) is 263 cm³/mol. The standard InChI is InChI=1S/C57H32N4OS/c1-2-12-34(13-3-1)55-58-56(60-57(59-55)46-19-10-18-44-42-17-8-9-20-51(42)63-54(44)46)38-22-25-40-37(29-38)23-28-49-52(40)45-27-24-39(32-50(45)62-49)61-48-31-36-15-5-4-14-35(36)30-47(48)43-26-21-33-11-6-7-16-41(33)53(43)61/h1-32H. The summed E-state index contributed by atoms with van der Waals surface area (Å²) < 4.78 is 11.6. The van der Waals surface area contributed by atoms with Crippen LogP contribution >= 0.6 is 11.3 Å². The van der Waals surface area contributed by atoms with Gasteiger partial charge in [0.15, 0.2) is 17.5 Å². The second-order valence-corrected chi connectivity index (χ2v) is 17.4. The molecule has 0 aliphatic carbocycles. The van der Waals surface area contributed by atoms with Crippen LogP contribution in [0.2, 0.25) is 0 Å². The molecule has 0 saturated carbocycles. The van der Waals surface area contributed by atoms with E-state index in [0.717, 1.165) is 55.1 Å². The maximum absolute atomic E-state index is 6.74. The van der Waals surface area contributed by atoms with Crippen molar-refractivity contribution in [3.63, 3.8) is 0 Å². The Balaban J connectivity index is 0.936. The fourth-order valence-electron chi connectivity index (χ4n) is 9.87. The van der Waals surface area contributed by atoms with Crippen molar-refractivity contribution in [2.75, 3.05) is 0 Å². The van der Waals surface area contributed by atoms with Gasteiger partial charge in [-0.05, 0) is 75.5 Å². The van der Waals surface area contributed by atoms with Crippen molar-refractivity contribution in [3.05, 3.63) is 194 Å². The highest BCUT2D eigenvalue weighted by Gasteiger charge is 2.20. The molecule has 0 N–H and O–H groups in total. The van der Waals surface area contributed by atoms with Gasteiger partial charge in [-0.3, -0.25) is 0 Å². The van der Waals surface area contributed by atoms with E-state index < -0.39 is 0 Å². The van der Waals surface area contributed by atoms with Crippen LogP contribution in [0.1, 0.15) is 0 Å². The summed E-state index contributed by atoms with van der Waals surface area (Å²) in [6.07, 6.45) is 0. The second-order valence-electron chi connectivity index (χ2n) is 16.3. The number of hydrogen-bond donors (Lipinski definition) is 0. The van der Waals surface area contributed by atoms with Crippen LogP contribution in [0.25, 0.3) is 136 Å². The second kappa shape index (κ2) is 13.2. The van der Waals surface area contributed by atoms with E-state index in [0.29, 0.717) is 17.5 Å². The fraction of sp³-hybridized carbons (Fsp3) is 0. The number of hydrogen-bond acceptors (Lipinski definition) is 5. The lowest BCUT2D eigenvalue weighted by Crippen LogP contribution is -2.00. The molecule has 0 aliphatic heterocycles. The molecule has 4 aromatic heterocycles. The molecule has 0 saturated heterocycles. The van der Waals surface area contributed by atoms with Gasteiger partial charge < -0.3 is 8.98 Å². The minimum atomic E-state index is 0.632. The monoisotopic (exact) mass is 820 g/mol. The van der Waals surface area contributed by atoms with E-state index >= 15 is 0 Å². The Bertz CT molecular complexity index is 4220. The van der Waals surface area contributed by atoms with Crippen LogP contribution in [-0.2, 0) is 0 Å². The minimum absolute atomic E-state index is 0.632. The van der Waals surface area contributed by atoms with Gasteiger partial charge in [-0.25, -0.2) is 15.0 Å². The summed E-state index contributed by atoms with van der Waals surface area (Å²) in [5.74, 6) is 1.94. The summed E-state index contributed by atoms with van der Waals surface area (Å²) >= 11 is 1.78. The largest absolute Gasteiger partial charge is 0.456 e. The number of fused-ring (bicyclic) bond motifs is 14. The van der Waals surface area contributed by atoms with Crippen LogP contribution in [0.3, 0.4) is 0 Å². The van der Waals surface area contributed by atoms with Gasteiger partial charge in [0.25, 0.3) is 0 Å². The average Bonchev–Trinajstić information content (AvgIpc) is 4.02. The quantitative estimate of drug-likeness (QED) is 0.177. The van der Waals surface area contributed by atoms with Gasteiger partial charge in [0, 0.05) is 75.5 Å². The van der Waals surface area contributed by atoms with Gasteiger partial charge >= 0.3 is 0 Å². The molecule has 0 aliphatic rings. The van der Waals surface area contributed by atoms with Crippen molar-refractivity contribution < 1.29 is 4.42 Å². The van der Waals surface area contributed by atoms with E-state index in [2.05, 4.69) is 180 Å².